The number of ether oxygens (including phenoxy) is 1. The van der Waals surface area contributed by atoms with E-state index >= 15 is 0 Å². The van der Waals surface area contributed by atoms with Gasteiger partial charge in [0, 0.05) is 30.9 Å². The third-order valence-corrected chi connectivity index (χ3v) is 6.68. The van der Waals surface area contributed by atoms with Crippen LogP contribution in [0.25, 0.3) is 11.3 Å². The Bertz CT molecular complexity index is 813. The number of aryl methyl sites for hydroxylation is 1. The molecule has 0 bridgehead atoms. The maximum absolute atomic E-state index is 11.8. The second-order valence-corrected chi connectivity index (χ2v) is 8.71. The van der Waals surface area contributed by atoms with E-state index in [0.29, 0.717) is 0 Å². The van der Waals surface area contributed by atoms with E-state index in [9.17, 15) is 4.79 Å². The molecular formula is C24H33N3O2. The van der Waals surface area contributed by atoms with Crippen molar-refractivity contribution >= 4 is 5.97 Å². The lowest BCUT2D eigenvalue weighted by Gasteiger charge is -2.30. The lowest BCUT2D eigenvalue weighted by molar-refractivity contribution is -0.147. The Labute approximate surface area is 174 Å². The zero-order valence-electron chi connectivity index (χ0n) is 17.8. The van der Waals surface area contributed by atoms with E-state index < -0.39 is 0 Å². The van der Waals surface area contributed by atoms with E-state index in [2.05, 4.69) is 35.4 Å². The molecule has 0 amide bonds. The summed E-state index contributed by atoms with van der Waals surface area (Å²) in [6.45, 7) is 2.73. The second-order valence-electron chi connectivity index (χ2n) is 8.71. The number of piperidine rings is 1. The molecule has 0 atom stereocenters. The Morgan fingerprint density at radius 1 is 1.07 bits per heavy atom. The minimum Gasteiger partial charge on any atom is -0.469 e. The molecule has 1 aromatic heterocycles. The van der Waals surface area contributed by atoms with Crippen LogP contribution in [0.1, 0.15) is 62.0 Å². The molecule has 0 N–H and O–H groups in total. The summed E-state index contributed by atoms with van der Waals surface area (Å²) in [5.41, 5.74) is 5.02. The molecule has 5 nitrogen and oxygen atoms in total. The third-order valence-electron chi connectivity index (χ3n) is 6.68. The van der Waals surface area contributed by atoms with Crippen molar-refractivity contribution in [1.82, 2.24) is 14.7 Å². The molecule has 0 spiro atoms. The predicted octanol–water partition coefficient (Wildman–Crippen LogP) is 4.52. The van der Waals surface area contributed by atoms with E-state index in [1.54, 1.807) is 0 Å². The second kappa shape index (κ2) is 9.12. The number of aromatic nitrogens is 2. The molecule has 156 valence electrons. The minimum atomic E-state index is -0.0650. The molecule has 5 heteroatoms. The standard InChI is InChI=1S/C24H33N3O2/c1-26-16-22(17-27-14-12-21(13-15-27)24(28)29-2)23(25-26)20-10-8-19(9-11-20)18-6-4-3-5-7-18/h8-11,16,18,21H,3-7,12-15,17H2,1-2H3. The van der Waals surface area contributed by atoms with Gasteiger partial charge < -0.3 is 4.74 Å². The topological polar surface area (TPSA) is 47.4 Å². The average molecular weight is 396 g/mol. The number of esters is 1. The summed E-state index contributed by atoms with van der Waals surface area (Å²) in [4.78, 5) is 14.2. The van der Waals surface area contributed by atoms with Crippen LogP contribution in [0.5, 0.6) is 0 Å². The van der Waals surface area contributed by atoms with Crippen molar-refractivity contribution in [2.75, 3.05) is 20.2 Å². The van der Waals surface area contributed by atoms with Gasteiger partial charge in [-0.1, -0.05) is 43.5 Å². The summed E-state index contributed by atoms with van der Waals surface area (Å²) in [6.07, 6.45) is 10.7. The molecule has 2 heterocycles. The van der Waals surface area contributed by atoms with Crippen LogP contribution in [0.4, 0.5) is 0 Å². The molecule has 4 rings (SSSR count). The minimum absolute atomic E-state index is 0.0527. The first kappa shape index (κ1) is 20.1. The summed E-state index contributed by atoms with van der Waals surface area (Å²) >= 11 is 0. The molecule has 0 unspecified atom stereocenters. The first-order valence-electron chi connectivity index (χ1n) is 11.1. The van der Waals surface area contributed by atoms with Crippen molar-refractivity contribution in [3.8, 4) is 11.3 Å². The lowest BCUT2D eigenvalue weighted by Crippen LogP contribution is -2.36. The van der Waals surface area contributed by atoms with Gasteiger partial charge in [0.25, 0.3) is 0 Å². The smallest absolute Gasteiger partial charge is 0.308 e. The maximum atomic E-state index is 11.8. The van der Waals surface area contributed by atoms with Crippen LogP contribution in [0, 0.1) is 5.92 Å². The molecule has 1 saturated heterocycles. The highest BCUT2D eigenvalue weighted by Gasteiger charge is 2.26. The van der Waals surface area contributed by atoms with Crippen molar-refractivity contribution in [2.45, 2.75) is 57.4 Å². The quantitative estimate of drug-likeness (QED) is 0.699. The zero-order chi connectivity index (χ0) is 20.2. The Balaban J connectivity index is 1.44. The van der Waals surface area contributed by atoms with Gasteiger partial charge in [-0.3, -0.25) is 14.4 Å². The largest absolute Gasteiger partial charge is 0.469 e. The Morgan fingerprint density at radius 2 is 1.76 bits per heavy atom. The summed E-state index contributed by atoms with van der Waals surface area (Å²) in [5, 5.41) is 4.76. The molecule has 1 aromatic carbocycles. The van der Waals surface area contributed by atoms with Crippen LogP contribution in [0.3, 0.4) is 0 Å². The highest BCUT2D eigenvalue weighted by Crippen LogP contribution is 2.34. The van der Waals surface area contributed by atoms with Gasteiger partial charge >= 0.3 is 5.97 Å². The molecule has 1 aliphatic heterocycles. The van der Waals surface area contributed by atoms with Gasteiger partial charge in [0.1, 0.15) is 0 Å². The first-order valence-corrected chi connectivity index (χ1v) is 11.1. The summed E-state index contributed by atoms with van der Waals surface area (Å²) in [7, 11) is 3.48. The van der Waals surface area contributed by atoms with Crippen molar-refractivity contribution in [3.05, 3.63) is 41.6 Å². The molecule has 0 radical (unpaired) electrons. The lowest BCUT2D eigenvalue weighted by atomic mass is 9.84. The van der Waals surface area contributed by atoms with Crippen LogP contribution in [0.15, 0.2) is 30.5 Å². The molecule has 2 fully saturated rings. The fourth-order valence-corrected chi connectivity index (χ4v) is 4.98. The number of carbonyl (C=O) groups excluding carboxylic acids is 1. The van der Waals surface area contributed by atoms with Crippen LogP contribution in [-0.4, -0.2) is 40.8 Å². The van der Waals surface area contributed by atoms with Gasteiger partial charge in [-0.25, -0.2) is 0 Å². The average Bonchev–Trinajstić information content (AvgIpc) is 3.14. The predicted molar refractivity (Wildman–Crippen MR) is 114 cm³/mol. The van der Waals surface area contributed by atoms with Crippen molar-refractivity contribution < 1.29 is 9.53 Å². The Hall–Kier alpha value is -2.14. The van der Waals surface area contributed by atoms with E-state index in [-0.39, 0.29) is 11.9 Å². The van der Waals surface area contributed by atoms with Gasteiger partial charge in [-0.2, -0.15) is 5.10 Å². The Kier molecular flexibility index (Phi) is 6.34. The SMILES string of the molecule is COC(=O)C1CCN(Cc2cn(C)nc2-c2ccc(C3CCCCC3)cc2)CC1. The Morgan fingerprint density at radius 3 is 2.41 bits per heavy atom. The monoisotopic (exact) mass is 395 g/mol. The first-order chi connectivity index (χ1) is 14.1. The van der Waals surface area contributed by atoms with Crippen LogP contribution in [0.2, 0.25) is 0 Å². The van der Waals surface area contributed by atoms with Crippen LogP contribution < -0.4 is 0 Å². The number of nitrogens with zero attached hydrogens (tertiary/aromatic N) is 3. The molecule has 29 heavy (non-hydrogen) atoms. The molecular weight excluding hydrogens is 362 g/mol. The zero-order valence-corrected chi connectivity index (χ0v) is 17.8. The molecule has 1 saturated carbocycles. The summed E-state index contributed by atoms with van der Waals surface area (Å²) in [6, 6.07) is 9.12. The number of benzene rings is 1. The van der Waals surface area contributed by atoms with Crippen LogP contribution in [-0.2, 0) is 23.1 Å². The van der Waals surface area contributed by atoms with E-state index in [0.717, 1.165) is 44.1 Å². The maximum Gasteiger partial charge on any atom is 0.308 e. The van der Waals surface area contributed by atoms with Crippen LogP contribution >= 0.6 is 0 Å². The number of hydrogen-bond acceptors (Lipinski definition) is 4. The van der Waals surface area contributed by atoms with E-state index in [1.807, 2.05) is 11.7 Å². The van der Waals surface area contributed by atoms with Gasteiger partial charge in [-0.05, 0) is 50.3 Å². The molecule has 2 aliphatic rings. The summed E-state index contributed by atoms with van der Waals surface area (Å²) < 4.78 is 6.82. The van der Waals surface area contributed by atoms with Gasteiger partial charge in [0.05, 0.1) is 18.7 Å². The number of likely N-dealkylation sites (tertiary alicyclic amines) is 1. The highest BCUT2D eigenvalue weighted by molar-refractivity contribution is 5.72. The van der Waals surface area contributed by atoms with E-state index in [4.69, 9.17) is 9.84 Å². The fourth-order valence-electron chi connectivity index (χ4n) is 4.98. The fraction of sp³-hybridized carbons (Fsp3) is 0.583. The van der Waals surface area contributed by atoms with Crippen molar-refractivity contribution in [2.24, 2.45) is 13.0 Å². The van der Waals surface area contributed by atoms with Gasteiger partial charge in [0.2, 0.25) is 0 Å². The third kappa shape index (κ3) is 4.72. The highest BCUT2D eigenvalue weighted by atomic mass is 16.5. The number of methoxy groups -OCH3 is 1. The summed E-state index contributed by atoms with van der Waals surface area (Å²) in [5.74, 6) is 0.721. The molecule has 2 aromatic rings. The van der Waals surface area contributed by atoms with Crippen molar-refractivity contribution in [1.29, 1.82) is 0 Å². The van der Waals surface area contributed by atoms with Crippen molar-refractivity contribution in [3.63, 3.8) is 0 Å². The van der Waals surface area contributed by atoms with Gasteiger partial charge in [0.15, 0.2) is 0 Å². The number of hydrogen-bond donors (Lipinski definition) is 0. The number of carbonyl (C=O) groups is 1. The van der Waals surface area contributed by atoms with E-state index in [1.165, 1.54) is 55.9 Å². The molecule has 1 aliphatic carbocycles. The van der Waals surface area contributed by atoms with Gasteiger partial charge in [-0.15, -0.1) is 0 Å². The normalized spacial score (nSPS) is 19.4. The number of rotatable bonds is 5.